The van der Waals surface area contributed by atoms with E-state index in [9.17, 15) is 9.59 Å². The Morgan fingerprint density at radius 1 is 1.17 bits per heavy atom. The fraction of sp³-hybridized carbons (Fsp3) is 0.500. The van der Waals surface area contributed by atoms with Crippen LogP contribution in [0.5, 0.6) is 0 Å². The summed E-state index contributed by atoms with van der Waals surface area (Å²) in [5.41, 5.74) is 3.31. The molecule has 4 heteroatoms. The van der Waals surface area contributed by atoms with E-state index in [1.54, 1.807) is 4.90 Å². The number of carbonyl (C=O) groups is 2. The van der Waals surface area contributed by atoms with Gasteiger partial charge >= 0.3 is 0 Å². The van der Waals surface area contributed by atoms with E-state index < -0.39 is 0 Å². The van der Waals surface area contributed by atoms with Crippen LogP contribution in [-0.2, 0) is 9.59 Å². The fourth-order valence-corrected chi connectivity index (χ4v) is 4.30. The molecule has 3 aliphatic heterocycles. The average Bonchev–Trinajstić information content (AvgIpc) is 3.07. The van der Waals surface area contributed by atoms with Crippen molar-refractivity contribution < 1.29 is 9.59 Å². The van der Waals surface area contributed by atoms with Crippen LogP contribution in [0.2, 0.25) is 0 Å². The van der Waals surface area contributed by atoms with Gasteiger partial charge in [0.1, 0.15) is 0 Å². The molecule has 4 nitrogen and oxygen atoms in total. The van der Waals surface area contributed by atoms with E-state index in [1.165, 1.54) is 11.1 Å². The summed E-state index contributed by atoms with van der Waals surface area (Å²) in [6.07, 6.45) is 7.82. The number of hydrogen-bond donors (Lipinski definition) is 0. The number of aryl methyl sites for hydroxylation is 2. The second kappa shape index (κ2) is 5.76. The molecule has 3 aliphatic rings. The molecule has 0 aliphatic carbocycles. The molecule has 2 fully saturated rings. The Morgan fingerprint density at radius 2 is 2.00 bits per heavy atom. The van der Waals surface area contributed by atoms with E-state index in [2.05, 4.69) is 30.9 Å². The summed E-state index contributed by atoms with van der Waals surface area (Å²) in [6, 6.07) is 6.68. The van der Waals surface area contributed by atoms with Gasteiger partial charge in [0.2, 0.25) is 11.8 Å². The van der Waals surface area contributed by atoms with Gasteiger partial charge in [-0.05, 0) is 56.4 Å². The first-order valence-electron chi connectivity index (χ1n) is 8.91. The minimum absolute atomic E-state index is 0.0662. The summed E-state index contributed by atoms with van der Waals surface area (Å²) in [4.78, 5) is 29.4. The van der Waals surface area contributed by atoms with E-state index in [-0.39, 0.29) is 23.8 Å². The predicted octanol–water partition coefficient (Wildman–Crippen LogP) is 2.98. The van der Waals surface area contributed by atoms with Crippen molar-refractivity contribution in [1.29, 1.82) is 0 Å². The maximum Gasteiger partial charge on any atom is 0.228 e. The number of nitrogens with zero attached hydrogens (tertiary/aromatic N) is 2. The van der Waals surface area contributed by atoms with Gasteiger partial charge in [0.15, 0.2) is 0 Å². The molecule has 4 rings (SSSR count). The van der Waals surface area contributed by atoms with Crippen LogP contribution in [0, 0.1) is 19.8 Å². The molecule has 126 valence electrons. The summed E-state index contributed by atoms with van der Waals surface area (Å²) >= 11 is 0. The first-order valence-corrected chi connectivity index (χ1v) is 8.91. The zero-order chi connectivity index (χ0) is 16.8. The van der Waals surface area contributed by atoms with Crippen LogP contribution in [0.25, 0.3) is 0 Å². The Balaban J connectivity index is 1.52. The third-order valence-corrected chi connectivity index (χ3v) is 5.84. The van der Waals surface area contributed by atoms with Crippen LogP contribution >= 0.6 is 0 Å². The lowest BCUT2D eigenvalue weighted by atomic mass is 10.0. The third kappa shape index (κ3) is 2.45. The summed E-state index contributed by atoms with van der Waals surface area (Å²) < 4.78 is 0. The summed E-state index contributed by atoms with van der Waals surface area (Å²) in [5, 5.41) is 0. The van der Waals surface area contributed by atoms with Crippen LogP contribution in [0.15, 0.2) is 30.4 Å². The lowest BCUT2D eigenvalue weighted by molar-refractivity contribution is -0.138. The Hall–Kier alpha value is -2.10. The van der Waals surface area contributed by atoms with Crippen molar-refractivity contribution in [3.63, 3.8) is 0 Å². The quantitative estimate of drug-likeness (QED) is 0.785. The Morgan fingerprint density at radius 3 is 2.75 bits per heavy atom. The molecule has 1 aromatic carbocycles. The molecule has 3 heterocycles. The number of hydrogen-bond acceptors (Lipinski definition) is 2. The van der Waals surface area contributed by atoms with E-state index in [0.717, 1.165) is 24.9 Å². The second-order valence-electron chi connectivity index (χ2n) is 7.38. The summed E-state index contributed by atoms with van der Waals surface area (Å²) in [5.74, 6) is 0.0387. The molecular weight excluding hydrogens is 300 g/mol. The Labute approximate surface area is 143 Å². The molecular formula is C20H24N2O2. The van der Waals surface area contributed by atoms with Gasteiger partial charge in [-0.2, -0.15) is 0 Å². The molecule has 0 saturated carbocycles. The second-order valence-corrected chi connectivity index (χ2v) is 7.38. The van der Waals surface area contributed by atoms with E-state index in [0.29, 0.717) is 19.0 Å². The molecule has 24 heavy (non-hydrogen) atoms. The van der Waals surface area contributed by atoms with Gasteiger partial charge in [0.05, 0.1) is 12.0 Å². The molecule has 2 bridgehead atoms. The fourth-order valence-electron chi connectivity index (χ4n) is 4.30. The molecule has 0 aromatic heterocycles. The van der Waals surface area contributed by atoms with Crippen LogP contribution in [0.4, 0.5) is 5.69 Å². The summed E-state index contributed by atoms with van der Waals surface area (Å²) in [6.45, 7) is 4.64. The first-order chi connectivity index (χ1) is 11.5. The number of amides is 2. The highest BCUT2D eigenvalue weighted by Gasteiger charge is 2.43. The third-order valence-electron chi connectivity index (χ3n) is 5.84. The number of fused-ring (bicyclic) bond motifs is 2. The van der Waals surface area contributed by atoms with Gasteiger partial charge in [0, 0.05) is 24.7 Å². The number of rotatable bonds is 2. The zero-order valence-electron chi connectivity index (χ0n) is 14.4. The zero-order valence-corrected chi connectivity index (χ0v) is 14.4. The van der Waals surface area contributed by atoms with Crippen molar-refractivity contribution in [2.45, 2.75) is 51.6 Å². The lowest BCUT2D eigenvalue weighted by Gasteiger charge is -2.33. The molecule has 2 amide bonds. The highest BCUT2D eigenvalue weighted by molar-refractivity contribution is 6.00. The van der Waals surface area contributed by atoms with E-state index >= 15 is 0 Å². The van der Waals surface area contributed by atoms with Gasteiger partial charge in [-0.15, -0.1) is 0 Å². The normalized spacial score (nSPS) is 28.8. The van der Waals surface area contributed by atoms with Gasteiger partial charge in [-0.1, -0.05) is 18.2 Å². The van der Waals surface area contributed by atoms with Gasteiger partial charge < -0.3 is 9.80 Å². The maximum absolute atomic E-state index is 13.0. The van der Waals surface area contributed by atoms with Crippen molar-refractivity contribution in [3.8, 4) is 0 Å². The van der Waals surface area contributed by atoms with Gasteiger partial charge in [0.25, 0.3) is 0 Å². The smallest absolute Gasteiger partial charge is 0.228 e. The van der Waals surface area contributed by atoms with Crippen molar-refractivity contribution in [3.05, 3.63) is 41.5 Å². The van der Waals surface area contributed by atoms with E-state index in [1.807, 2.05) is 18.2 Å². The lowest BCUT2D eigenvalue weighted by Crippen LogP contribution is -2.45. The van der Waals surface area contributed by atoms with E-state index in [4.69, 9.17) is 0 Å². The van der Waals surface area contributed by atoms with Crippen LogP contribution in [-0.4, -0.2) is 35.3 Å². The monoisotopic (exact) mass is 324 g/mol. The minimum Gasteiger partial charge on any atom is -0.333 e. The van der Waals surface area contributed by atoms with Gasteiger partial charge in [-0.3, -0.25) is 9.59 Å². The van der Waals surface area contributed by atoms with Crippen LogP contribution < -0.4 is 4.90 Å². The molecule has 3 atom stereocenters. The molecule has 1 aromatic rings. The standard InChI is InChI=1S/C20H24N2O2/c1-13-6-7-18(10-14(13)2)21-12-15(11-19(21)23)20(24)22-16-4-3-5-17(22)9-8-16/h3-4,6-7,10,15-17H,5,8-9,11-12H2,1-2H3. The number of benzene rings is 1. The highest BCUT2D eigenvalue weighted by Crippen LogP contribution is 2.35. The summed E-state index contributed by atoms with van der Waals surface area (Å²) in [7, 11) is 0. The number of anilines is 1. The predicted molar refractivity (Wildman–Crippen MR) is 93.8 cm³/mol. The Bertz CT molecular complexity index is 724. The van der Waals surface area contributed by atoms with Crippen LogP contribution in [0.1, 0.15) is 36.8 Å². The first kappa shape index (κ1) is 15.4. The minimum atomic E-state index is -0.200. The highest BCUT2D eigenvalue weighted by atomic mass is 16.2. The Kier molecular flexibility index (Phi) is 3.70. The SMILES string of the molecule is Cc1ccc(N2CC(C(=O)N3C4C=CCC3CC4)CC2=O)cc1C. The molecule has 0 spiro atoms. The molecule has 0 N–H and O–H groups in total. The average molecular weight is 324 g/mol. The topological polar surface area (TPSA) is 40.6 Å². The number of carbonyl (C=O) groups excluding carboxylic acids is 2. The van der Waals surface area contributed by atoms with Crippen molar-refractivity contribution in [2.24, 2.45) is 5.92 Å². The van der Waals surface area contributed by atoms with Crippen LogP contribution in [0.3, 0.4) is 0 Å². The van der Waals surface area contributed by atoms with Crippen molar-refractivity contribution in [2.75, 3.05) is 11.4 Å². The van der Waals surface area contributed by atoms with Gasteiger partial charge in [-0.25, -0.2) is 0 Å². The maximum atomic E-state index is 13.0. The molecule has 2 saturated heterocycles. The molecule has 3 unspecified atom stereocenters. The molecule has 0 radical (unpaired) electrons. The van der Waals surface area contributed by atoms with Crippen molar-refractivity contribution in [1.82, 2.24) is 4.90 Å². The van der Waals surface area contributed by atoms with Crippen molar-refractivity contribution >= 4 is 17.5 Å². The largest absolute Gasteiger partial charge is 0.333 e.